The molecule has 1 aromatic carbocycles. The van der Waals surface area contributed by atoms with Gasteiger partial charge in [0, 0.05) is 10.6 Å². The minimum atomic E-state index is -2.42. The van der Waals surface area contributed by atoms with Gasteiger partial charge in [-0.25, -0.2) is 0 Å². The first kappa shape index (κ1) is 18.3. The number of thioether (sulfide) groups is 1. The Bertz CT molecular complexity index is 699. The lowest BCUT2D eigenvalue weighted by Gasteiger charge is -2.55. The number of hydrogen-bond acceptors (Lipinski definition) is 3. The van der Waals surface area contributed by atoms with Crippen LogP contribution in [-0.4, -0.2) is 17.1 Å². The smallest absolute Gasteiger partial charge is 0.288 e. The number of nitrogens with one attached hydrogen (secondary N) is 2. The van der Waals surface area contributed by atoms with Crippen molar-refractivity contribution in [1.29, 1.82) is 0 Å². The van der Waals surface area contributed by atoms with E-state index in [0.29, 0.717) is 33.1 Å². The molecule has 0 spiro atoms. The Balaban J connectivity index is 1.49. The van der Waals surface area contributed by atoms with Crippen LogP contribution in [0.5, 0.6) is 0 Å². The quantitative estimate of drug-likeness (QED) is 0.315. The highest BCUT2D eigenvalue weighted by Crippen LogP contribution is 2.58. The molecule has 0 heterocycles. The minimum absolute atomic E-state index is 0.368. The van der Waals surface area contributed by atoms with Gasteiger partial charge >= 0.3 is 0 Å². The fraction of sp³-hybridized carbons (Fsp3) is 0.444. The van der Waals surface area contributed by atoms with Gasteiger partial charge in [-0.1, -0.05) is 31.7 Å². The van der Waals surface area contributed by atoms with Crippen molar-refractivity contribution in [2.45, 2.75) is 37.3 Å². The molecule has 2 atom stereocenters. The molecule has 3 aliphatic carbocycles. The summed E-state index contributed by atoms with van der Waals surface area (Å²) in [4.78, 5) is 0.517. The summed E-state index contributed by atoms with van der Waals surface area (Å²) in [6.45, 7) is 4.64. The standard InChI is InChI=1S/C18H21F2N3S2/c1-18(2)12-4-3-11(15(18)9-12)10-21-23-17(24)22-13-5-7-14(8-6-13)25-16(19)20/h3,5-8,10,12,15-16H,4,9H2,1-2H3,(H2,22,23,24)/b21-10+. The van der Waals surface area contributed by atoms with Gasteiger partial charge in [0.1, 0.15) is 0 Å². The molecule has 0 amide bonds. The number of anilines is 1. The highest BCUT2D eigenvalue weighted by molar-refractivity contribution is 7.99. The van der Waals surface area contributed by atoms with Crippen molar-refractivity contribution in [2.24, 2.45) is 22.4 Å². The van der Waals surface area contributed by atoms with Crippen LogP contribution in [0, 0.1) is 17.3 Å². The fourth-order valence-electron chi connectivity index (χ4n) is 3.59. The van der Waals surface area contributed by atoms with Gasteiger partial charge in [0.15, 0.2) is 5.11 Å². The normalized spacial score (nSPS) is 24.0. The summed E-state index contributed by atoms with van der Waals surface area (Å²) in [5, 5.41) is 7.59. The highest BCUT2D eigenvalue weighted by atomic mass is 32.2. The average Bonchev–Trinajstić information content (AvgIpc) is 2.56. The molecule has 134 valence electrons. The van der Waals surface area contributed by atoms with Gasteiger partial charge in [-0.2, -0.15) is 13.9 Å². The van der Waals surface area contributed by atoms with E-state index in [4.69, 9.17) is 12.2 Å². The van der Waals surface area contributed by atoms with E-state index < -0.39 is 5.76 Å². The molecular formula is C18H21F2N3S2. The molecule has 3 aliphatic rings. The maximum absolute atomic E-state index is 12.3. The van der Waals surface area contributed by atoms with Crippen LogP contribution in [0.15, 0.2) is 45.9 Å². The van der Waals surface area contributed by atoms with E-state index in [1.165, 1.54) is 12.0 Å². The van der Waals surface area contributed by atoms with Crippen molar-refractivity contribution in [3.63, 3.8) is 0 Å². The Labute approximate surface area is 156 Å². The number of allylic oxidation sites excluding steroid dienone is 2. The molecule has 0 saturated heterocycles. The number of hydrogen-bond donors (Lipinski definition) is 2. The van der Waals surface area contributed by atoms with Gasteiger partial charge in [-0.15, -0.1) is 0 Å². The summed E-state index contributed by atoms with van der Waals surface area (Å²) in [6.07, 6.45) is 6.50. The van der Waals surface area contributed by atoms with E-state index in [9.17, 15) is 8.78 Å². The lowest BCUT2D eigenvalue weighted by molar-refractivity contribution is -0.00126. The summed E-state index contributed by atoms with van der Waals surface area (Å²) >= 11 is 5.73. The maximum Gasteiger partial charge on any atom is 0.288 e. The van der Waals surface area contributed by atoms with Crippen LogP contribution in [0.25, 0.3) is 0 Å². The van der Waals surface area contributed by atoms with Crippen molar-refractivity contribution in [3.8, 4) is 0 Å². The van der Waals surface area contributed by atoms with E-state index in [-0.39, 0.29) is 0 Å². The molecule has 2 unspecified atom stereocenters. The van der Waals surface area contributed by atoms with Crippen molar-refractivity contribution in [2.75, 3.05) is 5.32 Å². The third-order valence-corrected chi connectivity index (χ3v) is 6.14. The van der Waals surface area contributed by atoms with E-state index >= 15 is 0 Å². The number of halogens is 2. The Morgan fingerprint density at radius 1 is 1.36 bits per heavy atom. The average molecular weight is 382 g/mol. The lowest BCUT2D eigenvalue weighted by atomic mass is 9.49. The minimum Gasteiger partial charge on any atom is -0.331 e. The van der Waals surface area contributed by atoms with Gasteiger partial charge in [-0.3, -0.25) is 5.43 Å². The van der Waals surface area contributed by atoms with Gasteiger partial charge in [0.2, 0.25) is 0 Å². The molecule has 1 fully saturated rings. The molecule has 0 radical (unpaired) electrons. The summed E-state index contributed by atoms with van der Waals surface area (Å²) in [5.74, 6) is -1.03. The maximum atomic E-state index is 12.3. The van der Waals surface area contributed by atoms with Crippen LogP contribution in [0.3, 0.4) is 0 Å². The second kappa shape index (κ2) is 7.41. The molecule has 2 N–H and O–H groups in total. The number of nitrogens with zero attached hydrogens (tertiary/aromatic N) is 1. The molecule has 1 saturated carbocycles. The third-order valence-electron chi connectivity index (χ3n) is 5.23. The monoisotopic (exact) mass is 381 g/mol. The van der Waals surface area contributed by atoms with Gasteiger partial charge in [0.25, 0.3) is 5.76 Å². The Kier molecular flexibility index (Phi) is 5.43. The Morgan fingerprint density at radius 2 is 2.08 bits per heavy atom. The number of hydrazone groups is 1. The molecular weight excluding hydrogens is 360 g/mol. The summed E-state index contributed by atoms with van der Waals surface area (Å²) in [7, 11) is 0. The molecule has 2 bridgehead atoms. The number of rotatable bonds is 5. The van der Waals surface area contributed by atoms with E-state index in [0.717, 1.165) is 18.0 Å². The topological polar surface area (TPSA) is 36.4 Å². The van der Waals surface area contributed by atoms with Crippen LogP contribution in [0.2, 0.25) is 0 Å². The predicted octanol–water partition coefficient (Wildman–Crippen LogP) is 5.27. The van der Waals surface area contributed by atoms with E-state index in [2.05, 4.69) is 35.8 Å². The Morgan fingerprint density at radius 3 is 2.68 bits per heavy atom. The van der Waals surface area contributed by atoms with Crippen LogP contribution < -0.4 is 10.7 Å². The molecule has 4 rings (SSSR count). The van der Waals surface area contributed by atoms with Crippen LogP contribution in [-0.2, 0) is 0 Å². The number of alkyl halides is 2. The third kappa shape index (κ3) is 4.20. The number of benzene rings is 1. The lowest BCUT2D eigenvalue weighted by Crippen LogP contribution is -2.48. The van der Waals surface area contributed by atoms with E-state index in [1.54, 1.807) is 24.3 Å². The van der Waals surface area contributed by atoms with E-state index in [1.807, 2.05) is 6.21 Å². The van der Waals surface area contributed by atoms with Crippen molar-refractivity contribution in [1.82, 2.24) is 5.43 Å². The zero-order valence-corrected chi connectivity index (χ0v) is 15.8. The van der Waals surface area contributed by atoms with Crippen molar-refractivity contribution >= 4 is 41.0 Å². The van der Waals surface area contributed by atoms with Crippen LogP contribution in [0.1, 0.15) is 26.7 Å². The molecule has 0 aliphatic heterocycles. The van der Waals surface area contributed by atoms with Gasteiger partial charge in [-0.05, 0) is 72.1 Å². The van der Waals surface area contributed by atoms with Crippen LogP contribution >= 0.6 is 24.0 Å². The van der Waals surface area contributed by atoms with Crippen LogP contribution in [0.4, 0.5) is 14.5 Å². The number of fused-ring (bicyclic) bond motifs is 1. The zero-order valence-electron chi connectivity index (χ0n) is 14.1. The largest absolute Gasteiger partial charge is 0.331 e. The van der Waals surface area contributed by atoms with Crippen molar-refractivity contribution < 1.29 is 8.78 Å². The second-order valence-electron chi connectivity index (χ2n) is 6.97. The number of thiocarbonyl (C=S) groups is 1. The summed E-state index contributed by atoms with van der Waals surface area (Å²) < 4.78 is 24.6. The van der Waals surface area contributed by atoms with Gasteiger partial charge in [0.05, 0.1) is 6.21 Å². The second-order valence-corrected chi connectivity index (χ2v) is 8.45. The molecule has 25 heavy (non-hydrogen) atoms. The summed E-state index contributed by atoms with van der Waals surface area (Å²) in [6, 6.07) is 6.69. The molecule has 3 nitrogen and oxygen atoms in total. The first-order valence-corrected chi connectivity index (χ1v) is 9.50. The first-order chi connectivity index (χ1) is 11.9. The summed E-state index contributed by atoms with van der Waals surface area (Å²) in [5.41, 5.74) is 5.18. The SMILES string of the molecule is CC1(C)C2CC=C(/C=N/NC(=S)Nc3ccc(SC(F)F)cc3)C1C2. The van der Waals surface area contributed by atoms with Gasteiger partial charge < -0.3 is 5.32 Å². The molecule has 1 aromatic rings. The zero-order chi connectivity index (χ0) is 18.0. The van der Waals surface area contributed by atoms with Crippen molar-refractivity contribution in [3.05, 3.63) is 35.9 Å². The first-order valence-electron chi connectivity index (χ1n) is 8.21. The Hall–Kier alpha value is -1.47. The predicted molar refractivity (Wildman–Crippen MR) is 104 cm³/mol. The fourth-order valence-corrected chi connectivity index (χ4v) is 4.26. The highest BCUT2D eigenvalue weighted by Gasteiger charge is 2.50. The molecule has 0 aromatic heterocycles. The molecule has 7 heteroatoms.